The molecule has 0 unspecified atom stereocenters. The van der Waals surface area contributed by atoms with E-state index in [0.29, 0.717) is 19.5 Å². The number of carbonyl (C=O) groups is 1. The highest BCUT2D eigenvalue weighted by molar-refractivity contribution is 5.66. The van der Waals surface area contributed by atoms with E-state index in [1.54, 1.807) is 0 Å². The molecule has 0 radical (unpaired) electrons. The third-order valence-corrected chi connectivity index (χ3v) is 0.962. The number of hydrogen-bond acceptors (Lipinski definition) is 2. The molecule has 0 atom stereocenters. The van der Waals surface area contributed by atoms with Crippen LogP contribution in [0.3, 0.4) is 0 Å². The monoisotopic (exact) mass is 141 g/mol. The fraction of sp³-hybridized carbons (Fsp3) is 0.571. The van der Waals surface area contributed by atoms with Crippen molar-refractivity contribution in [3.8, 4) is 12.3 Å². The van der Waals surface area contributed by atoms with Crippen LogP contribution < -0.4 is 5.32 Å². The molecule has 3 nitrogen and oxygen atoms in total. The van der Waals surface area contributed by atoms with Gasteiger partial charge in [-0.3, -0.25) is 4.79 Å². The summed E-state index contributed by atoms with van der Waals surface area (Å²) in [5, 5.41) is 11.1. The van der Waals surface area contributed by atoms with E-state index in [1.807, 2.05) is 0 Å². The Bertz CT molecular complexity index is 137. The number of aliphatic carboxylic acids is 1. The number of terminal acetylenes is 1. The molecule has 0 aliphatic heterocycles. The zero-order valence-electron chi connectivity index (χ0n) is 5.76. The maximum absolute atomic E-state index is 9.95. The molecule has 0 rings (SSSR count). The fourth-order valence-electron chi connectivity index (χ4n) is 0.481. The van der Waals surface area contributed by atoms with Crippen LogP contribution in [0.2, 0.25) is 0 Å². The van der Waals surface area contributed by atoms with Crippen LogP contribution in [0.1, 0.15) is 12.8 Å². The predicted octanol–water partition coefficient (Wildman–Crippen LogP) is 0.0740. The largest absolute Gasteiger partial charge is 0.481 e. The van der Waals surface area contributed by atoms with Gasteiger partial charge in [-0.15, -0.1) is 12.3 Å². The molecule has 0 saturated carbocycles. The SMILES string of the molecule is C#CCCNCCC(=O)O. The number of nitrogens with one attached hydrogen (secondary N) is 1. The molecular weight excluding hydrogens is 130 g/mol. The number of carboxylic acids is 1. The summed E-state index contributed by atoms with van der Waals surface area (Å²) in [4.78, 5) is 9.95. The molecule has 56 valence electrons. The van der Waals surface area contributed by atoms with E-state index in [-0.39, 0.29) is 6.42 Å². The summed E-state index contributed by atoms with van der Waals surface area (Å²) in [5.74, 6) is 1.66. The Kier molecular flexibility index (Phi) is 5.50. The molecule has 2 N–H and O–H groups in total. The van der Waals surface area contributed by atoms with Gasteiger partial charge < -0.3 is 10.4 Å². The van der Waals surface area contributed by atoms with Crippen molar-refractivity contribution in [3.63, 3.8) is 0 Å². The van der Waals surface area contributed by atoms with Crippen LogP contribution in [0.4, 0.5) is 0 Å². The second-order valence-electron chi connectivity index (χ2n) is 1.85. The number of rotatable bonds is 5. The summed E-state index contributed by atoms with van der Waals surface area (Å²) >= 11 is 0. The van der Waals surface area contributed by atoms with E-state index < -0.39 is 5.97 Å². The van der Waals surface area contributed by atoms with Crippen LogP contribution in [0.15, 0.2) is 0 Å². The van der Waals surface area contributed by atoms with Crippen molar-refractivity contribution in [2.45, 2.75) is 12.8 Å². The third kappa shape index (κ3) is 6.99. The highest BCUT2D eigenvalue weighted by atomic mass is 16.4. The average Bonchev–Trinajstić information content (AvgIpc) is 1.87. The van der Waals surface area contributed by atoms with Gasteiger partial charge in [-0.2, -0.15) is 0 Å². The molecule has 10 heavy (non-hydrogen) atoms. The van der Waals surface area contributed by atoms with Gasteiger partial charge in [0.25, 0.3) is 0 Å². The molecule has 0 amide bonds. The quantitative estimate of drug-likeness (QED) is 0.421. The number of hydrogen-bond donors (Lipinski definition) is 2. The predicted molar refractivity (Wildman–Crippen MR) is 38.6 cm³/mol. The van der Waals surface area contributed by atoms with Crippen molar-refractivity contribution in [1.29, 1.82) is 0 Å². The first-order chi connectivity index (χ1) is 4.77. The van der Waals surface area contributed by atoms with Gasteiger partial charge in [-0.1, -0.05) is 0 Å². The summed E-state index contributed by atoms with van der Waals surface area (Å²) in [6.45, 7) is 1.20. The minimum atomic E-state index is -0.784. The van der Waals surface area contributed by atoms with Gasteiger partial charge in [-0.05, 0) is 0 Å². The van der Waals surface area contributed by atoms with E-state index in [1.165, 1.54) is 0 Å². The van der Waals surface area contributed by atoms with E-state index >= 15 is 0 Å². The first-order valence-corrected chi connectivity index (χ1v) is 3.13. The second-order valence-corrected chi connectivity index (χ2v) is 1.85. The Morgan fingerprint density at radius 1 is 1.60 bits per heavy atom. The molecule has 0 saturated heterocycles. The number of carboxylic acid groups (broad SMARTS) is 1. The molecule has 0 aliphatic rings. The molecule has 3 heteroatoms. The van der Waals surface area contributed by atoms with Gasteiger partial charge in [0, 0.05) is 19.5 Å². The summed E-state index contributed by atoms with van der Waals surface area (Å²) in [6.07, 6.45) is 5.77. The van der Waals surface area contributed by atoms with Gasteiger partial charge in [0.1, 0.15) is 0 Å². The van der Waals surface area contributed by atoms with Crippen LogP contribution in [0.5, 0.6) is 0 Å². The van der Waals surface area contributed by atoms with Gasteiger partial charge in [0.15, 0.2) is 0 Å². The topological polar surface area (TPSA) is 49.3 Å². The minimum Gasteiger partial charge on any atom is -0.481 e. The second kappa shape index (κ2) is 6.12. The van der Waals surface area contributed by atoms with Crippen LogP contribution in [0, 0.1) is 12.3 Å². The lowest BCUT2D eigenvalue weighted by atomic mass is 10.4. The zero-order valence-corrected chi connectivity index (χ0v) is 5.76. The molecule has 0 aliphatic carbocycles. The molecule has 0 fully saturated rings. The van der Waals surface area contributed by atoms with Crippen molar-refractivity contribution >= 4 is 5.97 Å². The van der Waals surface area contributed by atoms with Gasteiger partial charge in [-0.25, -0.2) is 0 Å². The van der Waals surface area contributed by atoms with Crippen molar-refractivity contribution in [2.24, 2.45) is 0 Å². The Labute approximate surface area is 60.4 Å². The molecule has 0 aromatic heterocycles. The Hall–Kier alpha value is -1.01. The van der Waals surface area contributed by atoms with E-state index in [4.69, 9.17) is 11.5 Å². The summed E-state index contributed by atoms with van der Waals surface area (Å²) in [7, 11) is 0. The molecular formula is C7H11NO2. The van der Waals surface area contributed by atoms with E-state index in [2.05, 4.69) is 11.2 Å². The molecule has 0 aromatic rings. The van der Waals surface area contributed by atoms with E-state index in [9.17, 15) is 4.79 Å². The summed E-state index contributed by atoms with van der Waals surface area (Å²) < 4.78 is 0. The first kappa shape index (κ1) is 8.99. The van der Waals surface area contributed by atoms with Crippen molar-refractivity contribution in [2.75, 3.05) is 13.1 Å². The Morgan fingerprint density at radius 2 is 2.30 bits per heavy atom. The summed E-state index contributed by atoms with van der Waals surface area (Å²) in [5.41, 5.74) is 0. The van der Waals surface area contributed by atoms with Crippen molar-refractivity contribution in [1.82, 2.24) is 5.32 Å². The fourth-order valence-corrected chi connectivity index (χ4v) is 0.481. The van der Waals surface area contributed by atoms with Crippen LogP contribution in [-0.4, -0.2) is 24.2 Å². The van der Waals surface area contributed by atoms with Crippen molar-refractivity contribution < 1.29 is 9.90 Å². The molecule has 0 heterocycles. The van der Waals surface area contributed by atoms with E-state index in [0.717, 1.165) is 0 Å². The lowest BCUT2D eigenvalue weighted by molar-refractivity contribution is -0.136. The standard InChI is InChI=1S/C7H11NO2/c1-2-3-5-8-6-4-7(9)10/h1,8H,3-6H2,(H,9,10). The highest BCUT2D eigenvalue weighted by Crippen LogP contribution is 1.75. The van der Waals surface area contributed by atoms with Gasteiger partial charge in [0.2, 0.25) is 0 Å². The lowest BCUT2D eigenvalue weighted by Crippen LogP contribution is -2.18. The smallest absolute Gasteiger partial charge is 0.304 e. The Morgan fingerprint density at radius 3 is 2.80 bits per heavy atom. The normalized spacial score (nSPS) is 8.70. The Balaban J connectivity index is 2.92. The molecule has 0 bridgehead atoms. The van der Waals surface area contributed by atoms with Gasteiger partial charge in [0.05, 0.1) is 6.42 Å². The molecule has 0 aromatic carbocycles. The molecule has 0 spiro atoms. The van der Waals surface area contributed by atoms with Gasteiger partial charge >= 0.3 is 5.97 Å². The average molecular weight is 141 g/mol. The highest BCUT2D eigenvalue weighted by Gasteiger charge is 1.93. The third-order valence-electron chi connectivity index (χ3n) is 0.962. The van der Waals surface area contributed by atoms with Crippen molar-refractivity contribution in [3.05, 3.63) is 0 Å². The lowest BCUT2D eigenvalue weighted by Gasteiger charge is -1.96. The van der Waals surface area contributed by atoms with Crippen LogP contribution >= 0.6 is 0 Å². The minimum absolute atomic E-state index is 0.157. The zero-order chi connectivity index (χ0) is 7.82. The van der Waals surface area contributed by atoms with Crippen LogP contribution in [0.25, 0.3) is 0 Å². The first-order valence-electron chi connectivity index (χ1n) is 3.13. The summed E-state index contributed by atoms with van der Waals surface area (Å²) in [6, 6.07) is 0. The maximum atomic E-state index is 9.95. The van der Waals surface area contributed by atoms with Crippen LogP contribution in [-0.2, 0) is 4.79 Å². The maximum Gasteiger partial charge on any atom is 0.304 e.